The zero-order valence-corrected chi connectivity index (χ0v) is 17.2. The van der Waals surface area contributed by atoms with E-state index in [2.05, 4.69) is 5.32 Å². The van der Waals surface area contributed by atoms with Crippen molar-refractivity contribution in [2.45, 2.75) is 44.1 Å². The SMILES string of the molecule is [2H]c1cc2c(cc1C([2H])([2H])CC(=O)C(F)(F)c1ccc(Cl)cc1)C([2H])N(C1CCC(=O)NC1=O)C2=O. The molecule has 2 heterocycles. The number of benzene rings is 2. The zero-order chi connectivity index (χ0) is 26.6. The third kappa shape index (κ3) is 4.14. The molecule has 0 spiro atoms. The van der Waals surface area contributed by atoms with Crippen molar-refractivity contribution in [1.82, 2.24) is 10.2 Å². The smallest absolute Gasteiger partial charge is 0.322 e. The van der Waals surface area contributed by atoms with Gasteiger partial charge in [-0.15, -0.1) is 0 Å². The molecule has 32 heavy (non-hydrogen) atoms. The highest BCUT2D eigenvalue weighted by Crippen LogP contribution is 2.32. The van der Waals surface area contributed by atoms with Gasteiger partial charge in [0.15, 0.2) is 0 Å². The maximum absolute atomic E-state index is 14.7. The van der Waals surface area contributed by atoms with Gasteiger partial charge in [-0.25, -0.2) is 0 Å². The van der Waals surface area contributed by atoms with Gasteiger partial charge in [-0.1, -0.05) is 35.8 Å². The predicted octanol–water partition coefficient (Wildman–Crippen LogP) is 3.39. The van der Waals surface area contributed by atoms with E-state index in [-0.39, 0.29) is 29.0 Å². The first-order chi connectivity index (χ1) is 16.7. The molecule has 2 unspecified atom stereocenters. The number of imide groups is 1. The fourth-order valence-electron chi connectivity index (χ4n) is 3.54. The fraction of sp³-hybridized carbons (Fsp3) is 0.304. The van der Waals surface area contributed by atoms with Crippen LogP contribution in [0.25, 0.3) is 0 Å². The molecule has 0 aliphatic carbocycles. The Balaban J connectivity index is 1.62. The Morgan fingerprint density at radius 2 is 2.00 bits per heavy atom. The van der Waals surface area contributed by atoms with E-state index in [9.17, 15) is 28.0 Å². The van der Waals surface area contributed by atoms with Crippen LogP contribution in [0, 0.1) is 0 Å². The van der Waals surface area contributed by atoms with Gasteiger partial charge >= 0.3 is 5.92 Å². The van der Waals surface area contributed by atoms with Crippen LogP contribution >= 0.6 is 11.6 Å². The molecule has 0 aromatic heterocycles. The van der Waals surface area contributed by atoms with Crippen molar-refractivity contribution in [3.8, 4) is 0 Å². The third-order valence-electron chi connectivity index (χ3n) is 5.27. The van der Waals surface area contributed by atoms with Gasteiger partial charge in [0, 0.05) is 38.3 Å². The second-order valence-electron chi connectivity index (χ2n) is 7.38. The summed E-state index contributed by atoms with van der Waals surface area (Å²) in [5.41, 5.74) is -1.25. The highest BCUT2D eigenvalue weighted by molar-refractivity contribution is 6.30. The van der Waals surface area contributed by atoms with Crippen molar-refractivity contribution in [1.29, 1.82) is 0 Å². The van der Waals surface area contributed by atoms with Gasteiger partial charge in [0.2, 0.25) is 17.6 Å². The Kier molecular flexibility index (Phi) is 4.59. The number of hydrogen-bond donors (Lipinski definition) is 1. The van der Waals surface area contributed by atoms with Crippen LogP contribution in [0.1, 0.15) is 51.8 Å². The van der Waals surface area contributed by atoms with Crippen LogP contribution in [0.15, 0.2) is 42.4 Å². The van der Waals surface area contributed by atoms with E-state index < -0.39 is 72.0 Å². The minimum absolute atomic E-state index is 0.00449. The highest BCUT2D eigenvalue weighted by atomic mass is 35.5. The molecule has 0 bridgehead atoms. The number of rotatable bonds is 6. The third-order valence-corrected chi connectivity index (χ3v) is 5.52. The first kappa shape index (κ1) is 17.4. The zero-order valence-electron chi connectivity index (χ0n) is 20.5. The van der Waals surface area contributed by atoms with E-state index in [1.165, 1.54) is 12.1 Å². The van der Waals surface area contributed by atoms with Crippen molar-refractivity contribution >= 4 is 35.1 Å². The van der Waals surface area contributed by atoms with Crippen LogP contribution in [0.5, 0.6) is 0 Å². The van der Waals surface area contributed by atoms with E-state index in [1.807, 2.05) is 0 Å². The lowest BCUT2D eigenvalue weighted by atomic mass is 9.97. The molecular weight excluding hydrogens is 442 g/mol. The van der Waals surface area contributed by atoms with Crippen LogP contribution in [-0.4, -0.2) is 34.4 Å². The standard InChI is InChI=1S/C23H19ClF2N2O4/c24-16-5-3-15(4-6-16)23(25,26)19(29)9-2-13-1-7-17-14(11-13)12-28(22(17)32)18-8-10-20(30)27-21(18)31/h1,3-7,11,18H,2,8-10,12H2,(H,27,30,31)/i1D,2D2,12D. The number of hydrogen-bond acceptors (Lipinski definition) is 4. The first-order valence-electron chi connectivity index (χ1n) is 11.7. The van der Waals surface area contributed by atoms with Crippen molar-refractivity contribution in [3.63, 3.8) is 0 Å². The van der Waals surface area contributed by atoms with Crippen molar-refractivity contribution in [2.24, 2.45) is 0 Å². The Labute approximate surface area is 193 Å². The van der Waals surface area contributed by atoms with Crippen LogP contribution in [0.3, 0.4) is 0 Å². The number of nitrogens with one attached hydrogen (secondary N) is 1. The molecule has 2 aliphatic rings. The molecule has 1 N–H and O–H groups in total. The molecule has 166 valence electrons. The lowest BCUT2D eigenvalue weighted by molar-refractivity contribution is -0.144. The predicted molar refractivity (Wildman–Crippen MR) is 111 cm³/mol. The second kappa shape index (κ2) is 8.43. The maximum Gasteiger partial charge on any atom is 0.330 e. The average Bonchev–Trinajstić information content (AvgIpc) is 3.02. The average molecular weight is 465 g/mol. The lowest BCUT2D eigenvalue weighted by Crippen LogP contribution is -2.52. The van der Waals surface area contributed by atoms with Crippen LogP contribution in [-0.2, 0) is 33.2 Å². The topological polar surface area (TPSA) is 83.6 Å². The molecule has 2 aliphatic heterocycles. The molecule has 6 nitrogen and oxygen atoms in total. The monoisotopic (exact) mass is 464 g/mol. The summed E-state index contributed by atoms with van der Waals surface area (Å²) in [6.07, 6.45) is -4.05. The number of Topliss-reactive ketones (excluding diaryl/α,β-unsaturated/α-hetero) is 1. The number of aryl methyl sites for hydroxylation is 1. The Morgan fingerprint density at radius 3 is 2.69 bits per heavy atom. The summed E-state index contributed by atoms with van der Waals surface area (Å²) in [5, 5.41) is 2.29. The van der Waals surface area contributed by atoms with Gasteiger partial charge in [0.05, 0.1) is 2.74 Å². The first-order valence-corrected chi connectivity index (χ1v) is 10.0. The summed E-state index contributed by atoms with van der Waals surface area (Å²) in [7, 11) is 0. The number of carbonyl (C=O) groups excluding carboxylic acids is 4. The van der Waals surface area contributed by atoms with E-state index >= 15 is 0 Å². The summed E-state index contributed by atoms with van der Waals surface area (Å²) < 4.78 is 62.8. The minimum Gasteiger partial charge on any atom is -0.322 e. The molecule has 2 atom stereocenters. The minimum atomic E-state index is -4.02. The number of amides is 3. The summed E-state index contributed by atoms with van der Waals surface area (Å²) in [4.78, 5) is 50.0. The molecular formula is C23H19ClF2N2O4. The van der Waals surface area contributed by atoms with Gasteiger partial charge in [-0.3, -0.25) is 24.5 Å². The van der Waals surface area contributed by atoms with E-state index in [0.717, 1.165) is 29.2 Å². The number of carbonyl (C=O) groups is 4. The van der Waals surface area contributed by atoms with Gasteiger partial charge in [-0.2, -0.15) is 8.78 Å². The number of fused-ring (bicyclic) bond motifs is 1. The van der Waals surface area contributed by atoms with Crippen LogP contribution in [0.4, 0.5) is 8.78 Å². The molecule has 1 fully saturated rings. The summed E-state index contributed by atoms with van der Waals surface area (Å²) in [5.74, 6) is -7.75. The number of alkyl halides is 2. The van der Waals surface area contributed by atoms with E-state index in [0.29, 0.717) is 0 Å². The van der Waals surface area contributed by atoms with Gasteiger partial charge in [0.25, 0.3) is 5.91 Å². The fourth-order valence-corrected chi connectivity index (χ4v) is 3.66. The molecule has 2 aromatic carbocycles. The maximum atomic E-state index is 14.7. The largest absolute Gasteiger partial charge is 0.330 e. The molecule has 4 rings (SSSR count). The second-order valence-corrected chi connectivity index (χ2v) is 7.82. The normalized spacial score (nSPS) is 23.1. The molecule has 0 radical (unpaired) electrons. The van der Waals surface area contributed by atoms with Crippen molar-refractivity contribution < 1.29 is 33.4 Å². The Hall–Kier alpha value is -3.13. The van der Waals surface area contributed by atoms with Gasteiger partial charge < -0.3 is 4.90 Å². The molecule has 3 amide bonds. The Bertz CT molecular complexity index is 1290. The Morgan fingerprint density at radius 1 is 1.28 bits per heavy atom. The summed E-state index contributed by atoms with van der Waals surface area (Å²) >= 11 is 5.70. The van der Waals surface area contributed by atoms with Crippen LogP contribution < -0.4 is 5.32 Å². The lowest BCUT2D eigenvalue weighted by Gasteiger charge is -2.29. The molecule has 9 heteroatoms. The van der Waals surface area contributed by atoms with Crippen molar-refractivity contribution in [3.05, 3.63) is 69.7 Å². The molecule has 2 aromatic rings. The number of piperidine rings is 1. The van der Waals surface area contributed by atoms with Crippen molar-refractivity contribution in [2.75, 3.05) is 0 Å². The quantitative estimate of drug-likeness (QED) is 0.664. The van der Waals surface area contributed by atoms with E-state index in [1.54, 1.807) is 0 Å². The highest BCUT2D eigenvalue weighted by Gasteiger charge is 2.41. The molecule has 0 saturated carbocycles. The summed E-state index contributed by atoms with van der Waals surface area (Å²) in [6, 6.07) is 4.67. The summed E-state index contributed by atoms with van der Waals surface area (Å²) in [6.45, 7) is -1.46. The van der Waals surface area contributed by atoms with E-state index in [4.69, 9.17) is 17.1 Å². The number of nitrogens with zero attached hydrogens (tertiary/aromatic N) is 1. The van der Waals surface area contributed by atoms with Gasteiger partial charge in [-0.05, 0) is 42.1 Å². The molecule has 1 saturated heterocycles. The number of ketones is 1. The van der Waals surface area contributed by atoms with Crippen LogP contribution in [0.2, 0.25) is 5.02 Å². The number of halogens is 3. The van der Waals surface area contributed by atoms with Gasteiger partial charge in [0.1, 0.15) is 6.04 Å².